The van der Waals surface area contributed by atoms with E-state index >= 15 is 0 Å². The van der Waals surface area contributed by atoms with Crippen molar-refractivity contribution in [3.63, 3.8) is 0 Å². The lowest BCUT2D eigenvalue weighted by Gasteiger charge is -2.16. The van der Waals surface area contributed by atoms with Gasteiger partial charge in [-0.2, -0.15) is 0 Å². The van der Waals surface area contributed by atoms with Gasteiger partial charge in [0.1, 0.15) is 0 Å². The van der Waals surface area contributed by atoms with Crippen molar-refractivity contribution in [3.8, 4) is 0 Å². The van der Waals surface area contributed by atoms with Gasteiger partial charge >= 0.3 is 12.0 Å². The minimum atomic E-state index is -0.372. The molecule has 1 aliphatic rings. The number of nitrogens with zero attached hydrogens (tertiary/aromatic N) is 4. The summed E-state index contributed by atoms with van der Waals surface area (Å²) in [5.41, 5.74) is 3.13. The molecule has 8 heteroatoms. The van der Waals surface area contributed by atoms with E-state index in [1.54, 1.807) is 4.90 Å². The van der Waals surface area contributed by atoms with E-state index in [9.17, 15) is 9.59 Å². The van der Waals surface area contributed by atoms with Gasteiger partial charge in [-0.25, -0.2) is 14.7 Å². The third kappa shape index (κ3) is 4.69. The van der Waals surface area contributed by atoms with E-state index in [4.69, 9.17) is 4.42 Å². The number of benzene rings is 2. The van der Waals surface area contributed by atoms with E-state index in [2.05, 4.69) is 10.3 Å². The summed E-state index contributed by atoms with van der Waals surface area (Å²) in [5.74, 6) is -0.294. The number of carbonyl (C=O) groups excluding carboxylic acids is 2. The monoisotopic (exact) mass is 419 g/mol. The molecule has 1 aromatic heterocycles. The van der Waals surface area contributed by atoms with Gasteiger partial charge in [-0.05, 0) is 23.3 Å². The maximum atomic E-state index is 12.7. The number of anilines is 2. The molecule has 1 N–H and O–H groups in total. The Bertz CT molecular complexity index is 1050. The van der Waals surface area contributed by atoms with Crippen molar-refractivity contribution in [3.05, 3.63) is 77.7 Å². The van der Waals surface area contributed by atoms with Gasteiger partial charge < -0.3 is 19.5 Å². The van der Waals surface area contributed by atoms with Gasteiger partial charge in [-0.15, -0.1) is 0 Å². The molecule has 0 atom stereocenters. The summed E-state index contributed by atoms with van der Waals surface area (Å²) in [6.45, 7) is 1.93. The molecule has 160 valence electrons. The van der Waals surface area contributed by atoms with Crippen LogP contribution in [0.4, 0.5) is 16.5 Å². The summed E-state index contributed by atoms with van der Waals surface area (Å²) < 4.78 is 5.59. The first kappa shape index (κ1) is 20.5. The Morgan fingerprint density at radius 2 is 1.81 bits per heavy atom. The number of hydrogen-bond acceptors (Lipinski definition) is 5. The zero-order valence-electron chi connectivity index (χ0n) is 17.6. The number of carbonyl (C=O) groups is 2. The van der Waals surface area contributed by atoms with Crippen molar-refractivity contribution in [1.29, 1.82) is 0 Å². The fraction of sp³-hybridized carbons (Fsp3) is 0.261. The van der Waals surface area contributed by atoms with E-state index in [1.807, 2.05) is 73.6 Å². The Labute approximate surface area is 181 Å². The first-order valence-electron chi connectivity index (χ1n) is 10.1. The molecule has 1 aliphatic heterocycles. The van der Waals surface area contributed by atoms with Crippen molar-refractivity contribution in [1.82, 2.24) is 15.2 Å². The summed E-state index contributed by atoms with van der Waals surface area (Å²) in [4.78, 5) is 34.5. The van der Waals surface area contributed by atoms with E-state index < -0.39 is 0 Å². The Morgan fingerprint density at radius 1 is 1.06 bits per heavy atom. The Balaban J connectivity index is 1.34. The summed E-state index contributed by atoms with van der Waals surface area (Å²) in [6.07, 6.45) is 1.35. The number of urea groups is 1. The molecule has 1 saturated heterocycles. The van der Waals surface area contributed by atoms with Crippen LogP contribution in [0.25, 0.3) is 0 Å². The third-order valence-corrected chi connectivity index (χ3v) is 5.17. The summed E-state index contributed by atoms with van der Waals surface area (Å²) in [7, 11) is 3.95. The van der Waals surface area contributed by atoms with Crippen molar-refractivity contribution < 1.29 is 14.0 Å². The van der Waals surface area contributed by atoms with Crippen LogP contribution in [0.3, 0.4) is 0 Å². The SMILES string of the molecule is CN(C)c1ccc(CNC(=O)c2cnc(N3CCN(Cc4ccccc4)C3=O)o2)cc1. The molecule has 0 spiro atoms. The van der Waals surface area contributed by atoms with Crippen LogP contribution in [-0.4, -0.2) is 49.0 Å². The summed E-state index contributed by atoms with van der Waals surface area (Å²) in [5, 5.41) is 2.82. The maximum Gasteiger partial charge on any atom is 0.328 e. The lowest BCUT2D eigenvalue weighted by molar-refractivity contribution is 0.0923. The van der Waals surface area contributed by atoms with Crippen LogP contribution in [0.1, 0.15) is 21.7 Å². The first-order valence-corrected chi connectivity index (χ1v) is 10.1. The van der Waals surface area contributed by atoms with Crippen molar-refractivity contribution in [2.75, 3.05) is 37.0 Å². The Morgan fingerprint density at radius 3 is 2.52 bits per heavy atom. The molecular weight excluding hydrogens is 394 g/mol. The van der Waals surface area contributed by atoms with Crippen molar-refractivity contribution >= 4 is 23.6 Å². The van der Waals surface area contributed by atoms with Crippen molar-refractivity contribution in [2.45, 2.75) is 13.1 Å². The Kier molecular flexibility index (Phi) is 5.88. The van der Waals surface area contributed by atoms with Gasteiger partial charge in [0.05, 0.1) is 6.20 Å². The lowest BCUT2D eigenvalue weighted by atomic mass is 10.2. The quantitative estimate of drug-likeness (QED) is 0.636. The van der Waals surface area contributed by atoms with E-state index in [-0.39, 0.29) is 23.7 Å². The number of hydrogen-bond donors (Lipinski definition) is 1. The van der Waals surface area contributed by atoms with Crippen LogP contribution in [0.5, 0.6) is 0 Å². The number of oxazole rings is 1. The average molecular weight is 419 g/mol. The molecule has 0 radical (unpaired) electrons. The van der Waals surface area contributed by atoms with Crippen LogP contribution in [0.2, 0.25) is 0 Å². The molecule has 1 fully saturated rings. The summed E-state index contributed by atoms with van der Waals surface area (Å²) in [6, 6.07) is 17.7. The molecule has 2 aromatic carbocycles. The molecular formula is C23H25N5O3. The normalized spacial score (nSPS) is 13.5. The van der Waals surface area contributed by atoms with Crippen LogP contribution >= 0.6 is 0 Å². The standard InChI is InChI=1S/C23H25N5O3/c1-26(2)19-10-8-17(9-11-19)14-24-21(29)20-15-25-22(31-20)28-13-12-27(23(28)30)16-18-6-4-3-5-7-18/h3-11,15H,12-14,16H2,1-2H3,(H,24,29). The average Bonchev–Trinajstić information content (AvgIpc) is 3.40. The lowest BCUT2D eigenvalue weighted by Crippen LogP contribution is -2.31. The minimum absolute atomic E-state index is 0.0780. The molecule has 0 saturated carbocycles. The Hall–Kier alpha value is -3.81. The second-order valence-corrected chi connectivity index (χ2v) is 7.59. The van der Waals surface area contributed by atoms with E-state index in [0.29, 0.717) is 26.2 Å². The van der Waals surface area contributed by atoms with Gasteiger partial charge in [0.2, 0.25) is 5.76 Å². The molecule has 8 nitrogen and oxygen atoms in total. The maximum absolute atomic E-state index is 12.7. The predicted octanol–water partition coefficient (Wildman–Crippen LogP) is 3.11. The second kappa shape index (κ2) is 8.91. The van der Waals surface area contributed by atoms with Gasteiger partial charge in [0.25, 0.3) is 5.91 Å². The molecule has 3 amide bonds. The largest absolute Gasteiger partial charge is 0.418 e. The zero-order chi connectivity index (χ0) is 21.8. The highest BCUT2D eigenvalue weighted by Crippen LogP contribution is 2.22. The molecule has 4 rings (SSSR count). The van der Waals surface area contributed by atoms with E-state index in [0.717, 1.165) is 16.8 Å². The second-order valence-electron chi connectivity index (χ2n) is 7.59. The fourth-order valence-corrected chi connectivity index (χ4v) is 3.39. The molecule has 31 heavy (non-hydrogen) atoms. The number of rotatable bonds is 7. The molecule has 0 bridgehead atoms. The van der Waals surface area contributed by atoms with Crippen LogP contribution in [0, 0.1) is 0 Å². The third-order valence-electron chi connectivity index (χ3n) is 5.17. The minimum Gasteiger partial charge on any atom is -0.418 e. The number of aromatic nitrogens is 1. The smallest absolute Gasteiger partial charge is 0.328 e. The number of nitrogens with one attached hydrogen (secondary N) is 1. The highest BCUT2D eigenvalue weighted by atomic mass is 16.4. The molecule has 0 aliphatic carbocycles. The highest BCUT2D eigenvalue weighted by Gasteiger charge is 2.33. The highest BCUT2D eigenvalue weighted by molar-refractivity contribution is 5.94. The van der Waals surface area contributed by atoms with Crippen molar-refractivity contribution in [2.24, 2.45) is 0 Å². The van der Waals surface area contributed by atoms with Crippen LogP contribution in [-0.2, 0) is 13.1 Å². The van der Waals surface area contributed by atoms with Gasteiger partial charge in [0.15, 0.2) is 0 Å². The zero-order valence-corrected chi connectivity index (χ0v) is 17.6. The molecule has 0 unspecified atom stereocenters. The summed E-state index contributed by atoms with van der Waals surface area (Å²) >= 11 is 0. The van der Waals surface area contributed by atoms with Gasteiger partial charge in [0, 0.05) is 46.0 Å². The molecule has 3 aromatic rings. The number of amides is 3. The topological polar surface area (TPSA) is 81.9 Å². The fourth-order valence-electron chi connectivity index (χ4n) is 3.39. The van der Waals surface area contributed by atoms with Gasteiger partial charge in [-0.3, -0.25) is 4.79 Å². The van der Waals surface area contributed by atoms with E-state index in [1.165, 1.54) is 11.1 Å². The molecule has 2 heterocycles. The van der Waals surface area contributed by atoms with Crippen LogP contribution < -0.4 is 15.1 Å². The predicted molar refractivity (Wildman–Crippen MR) is 118 cm³/mol. The van der Waals surface area contributed by atoms with Gasteiger partial charge in [-0.1, -0.05) is 42.5 Å². The van der Waals surface area contributed by atoms with Crippen LogP contribution in [0.15, 0.2) is 65.2 Å². The first-order chi connectivity index (χ1) is 15.0.